The molecular weight excluding hydrogens is 200 g/mol. The first-order valence-electron chi connectivity index (χ1n) is 6.62. The minimum atomic E-state index is -1.02. The minimum Gasteiger partial charge on any atom is -0.414 e. The molecule has 1 fully saturated rings. The van der Waals surface area contributed by atoms with Gasteiger partial charge in [0, 0.05) is 0 Å². The van der Waals surface area contributed by atoms with Gasteiger partial charge >= 0.3 is 0 Å². The van der Waals surface area contributed by atoms with E-state index in [1.54, 1.807) is 0 Å². The molecule has 1 aliphatic carbocycles. The van der Waals surface area contributed by atoms with Crippen molar-refractivity contribution in [3.05, 3.63) is 0 Å². The van der Waals surface area contributed by atoms with Crippen molar-refractivity contribution in [2.45, 2.75) is 83.4 Å². The van der Waals surface area contributed by atoms with Crippen LogP contribution in [-0.2, 0) is 4.43 Å². The third kappa shape index (κ3) is 3.91. The summed E-state index contributed by atoms with van der Waals surface area (Å²) in [7, 11) is -1.02. The molecule has 2 heteroatoms. The summed E-state index contributed by atoms with van der Waals surface area (Å²) in [4.78, 5) is 0. The van der Waals surface area contributed by atoms with Gasteiger partial charge in [0.2, 0.25) is 0 Å². The van der Waals surface area contributed by atoms with E-state index in [9.17, 15) is 0 Å². The van der Waals surface area contributed by atoms with Crippen LogP contribution in [0.3, 0.4) is 0 Å². The van der Waals surface area contributed by atoms with Crippen LogP contribution in [0.1, 0.15) is 66.7 Å². The van der Waals surface area contributed by atoms with Gasteiger partial charge in [-0.25, -0.2) is 0 Å². The summed E-state index contributed by atoms with van der Waals surface area (Å²) >= 11 is 0. The maximum atomic E-state index is 6.54. The lowest BCUT2D eigenvalue weighted by Crippen LogP contribution is -2.40. The van der Waals surface area contributed by atoms with Crippen LogP contribution in [-0.4, -0.2) is 14.6 Å². The first-order valence-corrected chi connectivity index (χ1v) is 8.43. The molecule has 0 aliphatic heterocycles. The maximum absolute atomic E-state index is 6.54. The average molecular weight is 228 g/mol. The predicted molar refractivity (Wildman–Crippen MR) is 69.9 cm³/mol. The lowest BCUT2D eigenvalue weighted by atomic mass is 9.87. The van der Waals surface area contributed by atoms with E-state index in [1.807, 2.05) is 0 Å². The molecule has 1 rings (SSSR count). The Labute approximate surface area is 97.3 Å². The Kier molecular flexibility index (Phi) is 4.85. The third-order valence-electron chi connectivity index (χ3n) is 3.65. The van der Waals surface area contributed by atoms with Crippen molar-refractivity contribution in [2.24, 2.45) is 0 Å². The Balaban J connectivity index is 2.55. The van der Waals surface area contributed by atoms with Crippen molar-refractivity contribution < 1.29 is 4.43 Å². The fourth-order valence-corrected chi connectivity index (χ4v) is 5.76. The second-order valence-corrected chi connectivity index (χ2v) is 9.91. The predicted octanol–water partition coefficient (Wildman–Crippen LogP) is 4.27. The molecule has 0 radical (unpaired) electrons. The van der Waals surface area contributed by atoms with Gasteiger partial charge in [0.1, 0.15) is 0 Å². The molecule has 0 bridgehead atoms. The molecule has 0 saturated heterocycles. The molecule has 1 saturated carbocycles. The summed E-state index contributed by atoms with van der Waals surface area (Å²) in [6, 6.07) is 0. The molecule has 90 valence electrons. The fraction of sp³-hybridized carbons (Fsp3) is 1.00. The van der Waals surface area contributed by atoms with Crippen molar-refractivity contribution in [2.75, 3.05) is 0 Å². The SMILES string of the molecule is CC(C)[SiH](OC1(C)CCCCC1)C(C)C. The van der Waals surface area contributed by atoms with Crippen molar-refractivity contribution in [1.29, 1.82) is 0 Å². The van der Waals surface area contributed by atoms with Gasteiger partial charge in [0.25, 0.3) is 0 Å². The van der Waals surface area contributed by atoms with Gasteiger partial charge in [-0.05, 0) is 30.8 Å². The average Bonchev–Trinajstić information content (AvgIpc) is 2.14. The van der Waals surface area contributed by atoms with Gasteiger partial charge in [0.05, 0.1) is 5.60 Å². The van der Waals surface area contributed by atoms with Crippen LogP contribution in [0.5, 0.6) is 0 Å². The van der Waals surface area contributed by atoms with Gasteiger partial charge in [0.15, 0.2) is 9.04 Å². The fourth-order valence-electron chi connectivity index (χ4n) is 2.79. The van der Waals surface area contributed by atoms with Crippen molar-refractivity contribution in [3.8, 4) is 0 Å². The molecule has 1 aliphatic rings. The summed E-state index contributed by atoms with van der Waals surface area (Å²) in [5.41, 5.74) is 1.76. The second kappa shape index (κ2) is 5.49. The van der Waals surface area contributed by atoms with E-state index in [0.29, 0.717) is 0 Å². The highest BCUT2D eigenvalue weighted by Crippen LogP contribution is 2.35. The molecule has 0 aromatic carbocycles. The minimum absolute atomic E-state index is 0.226. The first-order chi connectivity index (χ1) is 6.94. The van der Waals surface area contributed by atoms with Gasteiger partial charge in [-0.1, -0.05) is 47.0 Å². The zero-order valence-corrected chi connectivity index (χ0v) is 12.3. The Bertz CT molecular complexity index is 175. The summed E-state index contributed by atoms with van der Waals surface area (Å²) in [5.74, 6) is 0. The van der Waals surface area contributed by atoms with E-state index < -0.39 is 9.04 Å². The Morgan fingerprint density at radius 1 is 0.933 bits per heavy atom. The Morgan fingerprint density at radius 2 is 1.40 bits per heavy atom. The highest BCUT2D eigenvalue weighted by atomic mass is 28.3. The molecule has 0 aromatic heterocycles. The summed E-state index contributed by atoms with van der Waals surface area (Å²) in [6.07, 6.45) is 6.72. The molecule has 1 nitrogen and oxygen atoms in total. The van der Waals surface area contributed by atoms with E-state index in [2.05, 4.69) is 34.6 Å². The van der Waals surface area contributed by atoms with Gasteiger partial charge in [-0.3, -0.25) is 0 Å². The molecule has 0 N–H and O–H groups in total. The standard InChI is InChI=1S/C13H28OSi/c1-11(2)15(12(3)4)14-13(5)9-7-6-8-10-13/h11-12,15H,6-10H2,1-5H3. The van der Waals surface area contributed by atoms with Crippen molar-refractivity contribution in [1.82, 2.24) is 0 Å². The molecule has 0 unspecified atom stereocenters. The van der Waals surface area contributed by atoms with Crippen LogP contribution >= 0.6 is 0 Å². The second-order valence-electron chi connectivity index (χ2n) is 6.08. The molecule has 0 aromatic rings. The number of rotatable bonds is 4. The molecular formula is C13H28OSi. The number of hydrogen-bond acceptors (Lipinski definition) is 1. The Morgan fingerprint density at radius 3 is 1.80 bits per heavy atom. The third-order valence-corrected chi connectivity index (χ3v) is 7.12. The molecule has 0 atom stereocenters. The highest BCUT2D eigenvalue weighted by Gasteiger charge is 2.33. The highest BCUT2D eigenvalue weighted by molar-refractivity contribution is 6.55. The topological polar surface area (TPSA) is 9.23 Å². The van der Waals surface area contributed by atoms with Crippen LogP contribution in [0.4, 0.5) is 0 Å². The monoisotopic (exact) mass is 228 g/mol. The van der Waals surface area contributed by atoms with Gasteiger partial charge in [-0.2, -0.15) is 0 Å². The van der Waals surface area contributed by atoms with E-state index in [0.717, 1.165) is 11.1 Å². The number of hydrogen-bond donors (Lipinski definition) is 0. The first kappa shape index (κ1) is 13.2. The largest absolute Gasteiger partial charge is 0.414 e. The van der Waals surface area contributed by atoms with Crippen molar-refractivity contribution >= 4 is 9.04 Å². The lowest BCUT2D eigenvalue weighted by molar-refractivity contribution is 0.0418. The summed E-state index contributed by atoms with van der Waals surface area (Å²) in [6.45, 7) is 11.7. The Hall–Kier alpha value is 0.177. The van der Waals surface area contributed by atoms with E-state index >= 15 is 0 Å². The van der Waals surface area contributed by atoms with Crippen LogP contribution < -0.4 is 0 Å². The van der Waals surface area contributed by atoms with E-state index in [-0.39, 0.29) is 5.60 Å². The lowest BCUT2D eigenvalue weighted by Gasteiger charge is -2.39. The van der Waals surface area contributed by atoms with Crippen LogP contribution in [0, 0.1) is 0 Å². The van der Waals surface area contributed by atoms with Crippen molar-refractivity contribution in [3.63, 3.8) is 0 Å². The van der Waals surface area contributed by atoms with E-state index in [4.69, 9.17) is 4.43 Å². The normalized spacial score (nSPS) is 21.6. The molecule has 0 spiro atoms. The zero-order valence-electron chi connectivity index (χ0n) is 11.2. The summed E-state index contributed by atoms with van der Waals surface area (Å²) < 4.78 is 6.54. The van der Waals surface area contributed by atoms with Crippen LogP contribution in [0.25, 0.3) is 0 Å². The summed E-state index contributed by atoms with van der Waals surface area (Å²) in [5, 5.41) is 0. The van der Waals surface area contributed by atoms with Gasteiger partial charge < -0.3 is 4.43 Å². The quantitative estimate of drug-likeness (QED) is 0.653. The molecule has 0 heterocycles. The molecule has 15 heavy (non-hydrogen) atoms. The van der Waals surface area contributed by atoms with E-state index in [1.165, 1.54) is 32.1 Å². The smallest absolute Gasteiger partial charge is 0.182 e. The van der Waals surface area contributed by atoms with Crippen LogP contribution in [0.15, 0.2) is 0 Å². The molecule has 0 amide bonds. The maximum Gasteiger partial charge on any atom is 0.182 e. The van der Waals surface area contributed by atoms with Crippen LogP contribution in [0.2, 0.25) is 11.1 Å². The zero-order chi connectivity index (χ0) is 11.5. The van der Waals surface area contributed by atoms with Gasteiger partial charge in [-0.15, -0.1) is 0 Å².